The van der Waals surface area contributed by atoms with Crippen molar-refractivity contribution in [3.63, 3.8) is 0 Å². The fourth-order valence-electron chi connectivity index (χ4n) is 1.70. The lowest BCUT2D eigenvalue weighted by molar-refractivity contribution is 0.102. The molecular weight excluding hydrogens is 276 g/mol. The van der Waals surface area contributed by atoms with E-state index >= 15 is 0 Å². The molecule has 1 amide bonds. The van der Waals surface area contributed by atoms with Gasteiger partial charge in [-0.2, -0.15) is 0 Å². The van der Waals surface area contributed by atoms with Gasteiger partial charge in [-0.05, 0) is 30.7 Å². The van der Waals surface area contributed by atoms with Gasteiger partial charge in [0, 0.05) is 11.8 Å². The zero-order valence-corrected chi connectivity index (χ0v) is 11.9. The van der Waals surface area contributed by atoms with E-state index in [1.165, 1.54) is 18.3 Å². The van der Waals surface area contributed by atoms with E-state index in [2.05, 4.69) is 10.3 Å². The van der Waals surface area contributed by atoms with Crippen LogP contribution in [0.5, 0.6) is 0 Å². The number of hydrogen-bond acceptors (Lipinski definition) is 4. The molecule has 1 N–H and O–H groups in total. The molecule has 1 aromatic heterocycles. The van der Waals surface area contributed by atoms with Gasteiger partial charge >= 0.3 is 0 Å². The molecule has 0 spiro atoms. The van der Waals surface area contributed by atoms with Crippen molar-refractivity contribution in [3.05, 3.63) is 53.7 Å². The molecule has 0 bridgehead atoms. The van der Waals surface area contributed by atoms with Crippen molar-refractivity contribution in [2.45, 2.75) is 11.9 Å². The number of hydrogen-bond donors (Lipinski definition) is 1. The van der Waals surface area contributed by atoms with Crippen molar-refractivity contribution in [2.24, 2.45) is 0 Å². The number of nitrogens with zero attached hydrogens (tertiary/aromatic N) is 1. The molecule has 0 aliphatic heterocycles. The Labute approximate surface area is 117 Å². The van der Waals surface area contributed by atoms with Crippen LogP contribution in [0.15, 0.2) is 47.6 Å². The molecular formula is C14H14N2O3S. The molecule has 5 nitrogen and oxygen atoms in total. The second kappa shape index (κ2) is 5.42. The van der Waals surface area contributed by atoms with Crippen molar-refractivity contribution in [1.82, 2.24) is 4.98 Å². The molecule has 0 fully saturated rings. The Bertz CT molecular complexity index is 737. The molecule has 2 aromatic rings. The van der Waals surface area contributed by atoms with Crippen LogP contribution in [-0.2, 0) is 9.84 Å². The molecule has 104 valence electrons. The number of rotatable bonds is 3. The molecule has 0 saturated carbocycles. The monoisotopic (exact) mass is 290 g/mol. The van der Waals surface area contributed by atoms with E-state index in [0.29, 0.717) is 11.3 Å². The number of carbonyl (C=O) groups is 1. The van der Waals surface area contributed by atoms with E-state index in [-0.39, 0.29) is 10.9 Å². The second-order valence-electron chi connectivity index (χ2n) is 4.43. The largest absolute Gasteiger partial charge is 0.321 e. The van der Waals surface area contributed by atoms with Crippen LogP contribution in [0.2, 0.25) is 0 Å². The Morgan fingerprint density at radius 1 is 1.15 bits per heavy atom. The quantitative estimate of drug-likeness (QED) is 0.938. The molecule has 0 radical (unpaired) electrons. The van der Waals surface area contributed by atoms with Gasteiger partial charge in [-0.3, -0.25) is 4.79 Å². The van der Waals surface area contributed by atoms with E-state index in [1.807, 2.05) is 19.1 Å². The van der Waals surface area contributed by atoms with Crippen molar-refractivity contribution in [2.75, 3.05) is 11.6 Å². The van der Waals surface area contributed by atoms with Crippen molar-refractivity contribution in [3.8, 4) is 0 Å². The van der Waals surface area contributed by atoms with Crippen LogP contribution in [0.1, 0.15) is 15.9 Å². The first-order valence-corrected chi connectivity index (χ1v) is 7.80. The van der Waals surface area contributed by atoms with Crippen LogP contribution >= 0.6 is 0 Å². The van der Waals surface area contributed by atoms with E-state index in [1.54, 1.807) is 12.1 Å². The molecule has 0 aliphatic rings. The number of carbonyl (C=O) groups excluding carboxylic acids is 1. The lowest BCUT2D eigenvalue weighted by atomic mass is 10.1. The highest BCUT2D eigenvalue weighted by molar-refractivity contribution is 7.90. The topological polar surface area (TPSA) is 76.1 Å². The zero-order valence-electron chi connectivity index (χ0n) is 11.1. The number of aromatic nitrogens is 1. The first-order chi connectivity index (χ1) is 9.38. The summed E-state index contributed by atoms with van der Waals surface area (Å²) in [5.41, 5.74) is 1.89. The molecule has 20 heavy (non-hydrogen) atoms. The number of anilines is 1. The predicted molar refractivity (Wildman–Crippen MR) is 76.5 cm³/mol. The van der Waals surface area contributed by atoms with Gasteiger partial charge < -0.3 is 5.32 Å². The fraction of sp³-hybridized carbons (Fsp3) is 0.143. The highest BCUT2D eigenvalue weighted by atomic mass is 32.2. The summed E-state index contributed by atoms with van der Waals surface area (Å²) in [6.45, 7) is 1.85. The molecule has 1 heterocycles. The van der Waals surface area contributed by atoms with Crippen LogP contribution in [0.4, 0.5) is 5.69 Å². The molecule has 1 aromatic carbocycles. The van der Waals surface area contributed by atoms with Crippen molar-refractivity contribution < 1.29 is 13.2 Å². The Morgan fingerprint density at radius 3 is 2.40 bits per heavy atom. The summed E-state index contributed by atoms with van der Waals surface area (Å²) < 4.78 is 22.6. The third kappa shape index (κ3) is 3.21. The molecule has 2 rings (SSSR count). The summed E-state index contributed by atoms with van der Waals surface area (Å²) in [4.78, 5) is 15.9. The standard InChI is InChI=1S/C14H14N2O3S/c1-10-5-3-4-6-12(10)14(17)16-11-7-8-13(15-9-11)20(2,18)19/h3-9H,1-2H3,(H,16,17). The fourth-order valence-corrected chi connectivity index (χ4v) is 2.26. The summed E-state index contributed by atoms with van der Waals surface area (Å²) in [5.74, 6) is -0.253. The minimum Gasteiger partial charge on any atom is -0.321 e. The highest BCUT2D eigenvalue weighted by Crippen LogP contribution is 2.13. The maximum atomic E-state index is 12.1. The van der Waals surface area contributed by atoms with Crippen LogP contribution in [0, 0.1) is 6.92 Å². The average molecular weight is 290 g/mol. The average Bonchev–Trinajstić information content (AvgIpc) is 2.38. The van der Waals surface area contributed by atoms with Crippen molar-refractivity contribution >= 4 is 21.4 Å². The zero-order chi connectivity index (χ0) is 14.8. The summed E-state index contributed by atoms with van der Waals surface area (Å²) >= 11 is 0. The van der Waals surface area contributed by atoms with Crippen LogP contribution in [-0.4, -0.2) is 25.6 Å². The van der Waals surface area contributed by atoms with E-state index < -0.39 is 9.84 Å². The summed E-state index contributed by atoms with van der Waals surface area (Å²) in [5, 5.41) is 2.66. The smallest absolute Gasteiger partial charge is 0.255 e. The van der Waals surface area contributed by atoms with Crippen molar-refractivity contribution in [1.29, 1.82) is 0 Å². The SMILES string of the molecule is Cc1ccccc1C(=O)Nc1ccc(S(C)(=O)=O)nc1. The van der Waals surface area contributed by atoms with Crippen LogP contribution in [0.3, 0.4) is 0 Å². The number of benzene rings is 1. The highest BCUT2D eigenvalue weighted by Gasteiger charge is 2.11. The van der Waals surface area contributed by atoms with Gasteiger partial charge in [0.1, 0.15) is 0 Å². The van der Waals surface area contributed by atoms with Crippen LogP contribution in [0.25, 0.3) is 0 Å². The maximum Gasteiger partial charge on any atom is 0.255 e. The van der Waals surface area contributed by atoms with Gasteiger partial charge in [-0.1, -0.05) is 18.2 Å². The third-order valence-electron chi connectivity index (χ3n) is 2.76. The van der Waals surface area contributed by atoms with Gasteiger partial charge in [0.25, 0.3) is 5.91 Å². The molecule has 6 heteroatoms. The van der Waals surface area contributed by atoms with Gasteiger partial charge in [-0.15, -0.1) is 0 Å². The minimum atomic E-state index is -3.33. The molecule has 0 saturated heterocycles. The first-order valence-electron chi connectivity index (χ1n) is 5.91. The van der Waals surface area contributed by atoms with Gasteiger partial charge in [-0.25, -0.2) is 13.4 Å². The summed E-state index contributed by atoms with van der Waals surface area (Å²) in [7, 11) is -3.33. The minimum absolute atomic E-state index is 0.0219. The predicted octanol–water partition coefficient (Wildman–Crippen LogP) is 2.05. The Hall–Kier alpha value is -2.21. The summed E-state index contributed by atoms with van der Waals surface area (Å²) in [6, 6.07) is 10.1. The number of amides is 1. The molecule has 0 aliphatic carbocycles. The maximum absolute atomic E-state index is 12.1. The lowest BCUT2D eigenvalue weighted by Crippen LogP contribution is -2.13. The lowest BCUT2D eigenvalue weighted by Gasteiger charge is -2.07. The number of aryl methyl sites for hydroxylation is 1. The van der Waals surface area contributed by atoms with E-state index in [0.717, 1.165) is 11.8 Å². The van der Waals surface area contributed by atoms with E-state index in [9.17, 15) is 13.2 Å². The first kappa shape index (κ1) is 14.2. The number of nitrogens with one attached hydrogen (secondary N) is 1. The number of pyridine rings is 1. The normalized spacial score (nSPS) is 11.1. The van der Waals surface area contributed by atoms with Gasteiger partial charge in [0.15, 0.2) is 14.9 Å². The van der Waals surface area contributed by atoms with Crippen LogP contribution < -0.4 is 5.32 Å². The number of sulfone groups is 1. The Morgan fingerprint density at radius 2 is 1.85 bits per heavy atom. The third-order valence-corrected chi connectivity index (χ3v) is 3.77. The summed E-state index contributed by atoms with van der Waals surface area (Å²) in [6.07, 6.45) is 2.41. The molecule has 0 unspecified atom stereocenters. The second-order valence-corrected chi connectivity index (χ2v) is 6.39. The Kier molecular flexibility index (Phi) is 3.85. The Balaban J connectivity index is 2.19. The van der Waals surface area contributed by atoms with Gasteiger partial charge in [0.2, 0.25) is 0 Å². The van der Waals surface area contributed by atoms with Gasteiger partial charge in [0.05, 0.1) is 11.9 Å². The van der Waals surface area contributed by atoms with E-state index in [4.69, 9.17) is 0 Å². The molecule has 0 atom stereocenters.